The van der Waals surface area contributed by atoms with Crippen molar-refractivity contribution in [1.82, 2.24) is 9.29 Å². The minimum atomic E-state index is -3.54. The van der Waals surface area contributed by atoms with E-state index < -0.39 is 22.0 Å². The first-order valence-corrected chi connectivity index (χ1v) is 9.02. The van der Waals surface area contributed by atoms with Crippen molar-refractivity contribution in [3.63, 3.8) is 0 Å². The molecule has 1 N–H and O–H groups in total. The van der Waals surface area contributed by atoms with Crippen LogP contribution in [0.3, 0.4) is 0 Å². The topological polar surface area (TPSA) is 87.6 Å². The van der Waals surface area contributed by atoms with Crippen molar-refractivity contribution in [2.24, 2.45) is 0 Å². The smallest absolute Gasteiger partial charge is 0.322 e. The Morgan fingerprint density at radius 2 is 2.30 bits per heavy atom. The van der Waals surface area contributed by atoms with Crippen LogP contribution in [0.15, 0.2) is 5.51 Å². The van der Waals surface area contributed by atoms with E-state index in [2.05, 4.69) is 4.98 Å². The molecule has 1 aliphatic heterocycles. The molecule has 1 atom stereocenters. The highest BCUT2D eigenvalue weighted by molar-refractivity contribution is 7.89. The molecule has 6 nitrogen and oxygen atoms in total. The summed E-state index contributed by atoms with van der Waals surface area (Å²) >= 11 is 1.43. The second-order valence-electron chi connectivity index (χ2n) is 4.89. The van der Waals surface area contributed by atoms with Crippen LogP contribution in [0.1, 0.15) is 29.8 Å². The molecule has 112 valence electrons. The number of rotatable bonds is 5. The molecule has 1 unspecified atom stereocenters. The van der Waals surface area contributed by atoms with Crippen molar-refractivity contribution >= 4 is 27.3 Å². The van der Waals surface area contributed by atoms with Gasteiger partial charge in [0, 0.05) is 11.4 Å². The van der Waals surface area contributed by atoms with Crippen LogP contribution in [-0.4, -0.2) is 47.1 Å². The predicted molar refractivity (Wildman–Crippen MR) is 76.3 cm³/mol. The number of carboxylic acids is 1. The monoisotopic (exact) mass is 318 g/mol. The molecule has 0 spiro atoms. The van der Waals surface area contributed by atoms with E-state index in [0.717, 1.165) is 27.7 Å². The molecular weight excluding hydrogens is 300 g/mol. The van der Waals surface area contributed by atoms with Crippen LogP contribution in [-0.2, 0) is 21.2 Å². The lowest BCUT2D eigenvalue weighted by atomic mass is 10.1. The van der Waals surface area contributed by atoms with Crippen LogP contribution in [0.4, 0.5) is 0 Å². The summed E-state index contributed by atoms with van der Waals surface area (Å²) < 4.78 is 25.9. The van der Waals surface area contributed by atoms with Crippen LogP contribution in [0.25, 0.3) is 0 Å². The van der Waals surface area contributed by atoms with E-state index in [-0.39, 0.29) is 5.75 Å². The third kappa shape index (κ3) is 3.36. The van der Waals surface area contributed by atoms with Crippen molar-refractivity contribution in [2.45, 2.75) is 38.6 Å². The fourth-order valence-electron chi connectivity index (χ4n) is 2.39. The molecule has 1 aromatic heterocycles. The Kier molecular flexibility index (Phi) is 4.77. The number of hydrogen-bond donors (Lipinski definition) is 1. The summed E-state index contributed by atoms with van der Waals surface area (Å²) in [6.07, 6.45) is 2.27. The molecule has 2 rings (SSSR count). The number of thiazole rings is 1. The normalized spacial score (nSPS) is 20.9. The van der Waals surface area contributed by atoms with E-state index in [0.29, 0.717) is 19.4 Å². The lowest BCUT2D eigenvalue weighted by Crippen LogP contribution is -2.48. The van der Waals surface area contributed by atoms with Gasteiger partial charge < -0.3 is 5.11 Å². The second kappa shape index (κ2) is 6.19. The van der Waals surface area contributed by atoms with Gasteiger partial charge in [-0.05, 0) is 32.6 Å². The maximum atomic E-state index is 12.4. The van der Waals surface area contributed by atoms with Gasteiger partial charge in [-0.15, -0.1) is 11.3 Å². The van der Waals surface area contributed by atoms with E-state index in [1.807, 2.05) is 6.92 Å². The van der Waals surface area contributed by atoms with E-state index in [1.165, 1.54) is 11.3 Å². The molecule has 0 radical (unpaired) electrons. The third-order valence-electron chi connectivity index (χ3n) is 3.53. The summed E-state index contributed by atoms with van der Waals surface area (Å²) in [5.41, 5.74) is 2.54. The van der Waals surface area contributed by atoms with Gasteiger partial charge in [0.05, 0.1) is 17.0 Å². The first-order chi connectivity index (χ1) is 9.42. The van der Waals surface area contributed by atoms with E-state index in [9.17, 15) is 13.2 Å². The fraction of sp³-hybridized carbons (Fsp3) is 0.667. The Labute approximate surface area is 122 Å². The van der Waals surface area contributed by atoms with Gasteiger partial charge in [0.25, 0.3) is 0 Å². The minimum Gasteiger partial charge on any atom is -0.480 e. The molecule has 0 bridgehead atoms. The van der Waals surface area contributed by atoms with Crippen LogP contribution >= 0.6 is 11.3 Å². The van der Waals surface area contributed by atoms with Gasteiger partial charge in [0.1, 0.15) is 6.04 Å². The Morgan fingerprint density at radius 1 is 1.55 bits per heavy atom. The highest BCUT2D eigenvalue weighted by Crippen LogP contribution is 2.22. The van der Waals surface area contributed by atoms with E-state index >= 15 is 0 Å². The SMILES string of the molecule is Cc1ncsc1CCS(=O)(=O)N1CCCCC1C(=O)O. The Balaban J connectivity index is 2.08. The molecule has 1 fully saturated rings. The highest BCUT2D eigenvalue weighted by atomic mass is 32.2. The summed E-state index contributed by atoms with van der Waals surface area (Å²) in [5.74, 6) is -1.11. The molecule has 0 amide bonds. The lowest BCUT2D eigenvalue weighted by molar-refractivity contribution is -0.142. The van der Waals surface area contributed by atoms with Gasteiger partial charge in [-0.25, -0.2) is 13.4 Å². The number of piperidine rings is 1. The first-order valence-electron chi connectivity index (χ1n) is 6.53. The van der Waals surface area contributed by atoms with Crippen LogP contribution in [0.5, 0.6) is 0 Å². The van der Waals surface area contributed by atoms with Gasteiger partial charge in [-0.3, -0.25) is 4.79 Å². The Hall–Kier alpha value is -0.990. The molecule has 1 saturated heterocycles. The highest BCUT2D eigenvalue weighted by Gasteiger charge is 2.36. The Morgan fingerprint density at radius 3 is 2.90 bits per heavy atom. The molecule has 1 aliphatic rings. The molecule has 1 aromatic rings. The summed E-state index contributed by atoms with van der Waals surface area (Å²) in [4.78, 5) is 16.2. The molecular formula is C12H18N2O4S2. The maximum absolute atomic E-state index is 12.4. The van der Waals surface area contributed by atoms with Crippen molar-refractivity contribution in [3.8, 4) is 0 Å². The molecule has 2 heterocycles. The summed E-state index contributed by atoms with van der Waals surface area (Å²) in [7, 11) is -3.54. The van der Waals surface area contributed by atoms with Gasteiger partial charge in [0.2, 0.25) is 10.0 Å². The minimum absolute atomic E-state index is 0.0557. The van der Waals surface area contributed by atoms with Crippen molar-refractivity contribution in [3.05, 3.63) is 16.1 Å². The zero-order valence-electron chi connectivity index (χ0n) is 11.3. The molecule has 0 saturated carbocycles. The number of aliphatic carboxylic acids is 1. The van der Waals surface area contributed by atoms with Gasteiger partial charge in [-0.1, -0.05) is 0 Å². The fourth-order valence-corrected chi connectivity index (χ4v) is 4.99. The van der Waals surface area contributed by atoms with Gasteiger partial charge in [0.15, 0.2) is 0 Å². The van der Waals surface area contributed by atoms with E-state index in [1.54, 1.807) is 5.51 Å². The number of carbonyl (C=O) groups is 1. The van der Waals surface area contributed by atoms with Gasteiger partial charge in [-0.2, -0.15) is 4.31 Å². The second-order valence-corrected chi connectivity index (χ2v) is 7.87. The van der Waals surface area contributed by atoms with Gasteiger partial charge >= 0.3 is 5.97 Å². The van der Waals surface area contributed by atoms with Crippen LogP contribution in [0, 0.1) is 6.92 Å². The average Bonchev–Trinajstić information content (AvgIpc) is 2.82. The number of aryl methyl sites for hydroxylation is 2. The van der Waals surface area contributed by atoms with Crippen molar-refractivity contribution < 1.29 is 18.3 Å². The van der Waals surface area contributed by atoms with Crippen molar-refractivity contribution in [1.29, 1.82) is 0 Å². The summed E-state index contributed by atoms with van der Waals surface area (Å²) in [5, 5.41) is 9.15. The predicted octanol–water partition coefficient (Wildman–Crippen LogP) is 1.26. The number of nitrogens with zero attached hydrogens (tertiary/aromatic N) is 2. The number of hydrogen-bond acceptors (Lipinski definition) is 5. The summed E-state index contributed by atoms with van der Waals surface area (Å²) in [6, 6.07) is -0.906. The number of carboxylic acid groups (broad SMARTS) is 1. The lowest BCUT2D eigenvalue weighted by Gasteiger charge is -2.31. The Bertz CT molecular complexity index is 582. The first kappa shape index (κ1) is 15.4. The maximum Gasteiger partial charge on any atom is 0.322 e. The zero-order chi connectivity index (χ0) is 14.8. The number of aromatic nitrogens is 1. The zero-order valence-corrected chi connectivity index (χ0v) is 12.9. The molecule has 0 aliphatic carbocycles. The molecule has 8 heteroatoms. The van der Waals surface area contributed by atoms with E-state index in [4.69, 9.17) is 5.11 Å². The van der Waals surface area contributed by atoms with Crippen molar-refractivity contribution in [2.75, 3.05) is 12.3 Å². The quantitative estimate of drug-likeness (QED) is 0.883. The number of sulfonamides is 1. The molecule has 0 aromatic carbocycles. The van der Waals surface area contributed by atoms with Crippen LogP contribution < -0.4 is 0 Å². The standard InChI is InChI=1S/C12H18N2O4S2/c1-9-11(19-8-13-9)5-7-20(17,18)14-6-3-2-4-10(14)12(15)16/h8,10H,2-7H2,1H3,(H,15,16). The third-order valence-corrected chi connectivity index (χ3v) is 6.39. The average molecular weight is 318 g/mol. The summed E-state index contributed by atoms with van der Waals surface area (Å²) in [6.45, 7) is 2.15. The molecule has 20 heavy (non-hydrogen) atoms. The van der Waals surface area contributed by atoms with Crippen LogP contribution in [0.2, 0.25) is 0 Å². The largest absolute Gasteiger partial charge is 0.480 e.